The summed E-state index contributed by atoms with van der Waals surface area (Å²) in [6.07, 6.45) is 0.996. The van der Waals surface area contributed by atoms with Crippen molar-refractivity contribution < 1.29 is 14.3 Å². The molecule has 1 N–H and O–H groups in total. The first-order valence-corrected chi connectivity index (χ1v) is 6.45. The van der Waals surface area contributed by atoms with Crippen LogP contribution in [0.3, 0.4) is 0 Å². The van der Waals surface area contributed by atoms with E-state index in [2.05, 4.69) is 10.2 Å². The van der Waals surface area contributed by atoms with E-state index in [9.17, 15) is 5.11 Å². The van der Waals surface area contributed by atoms with Gasteiger partial charge in [-0.2, -0.15) is 0 Å². The van der Waals surface area contributed by atoms with Gasteiger partial charge in [0.05, 0.1) is 6.10 Å². The van der Waals surface area contributed by atoms with Gasteiger partial charge >= 0.3 is 0 Å². The lowest BCUT2D eigenvalue weighted by Crippen LogP contribution is -1.97. The van der Waals surface area contributed by atoms with Crippen LogP contribution in [0.1, 0.15) is 43.7 Å². The second-order valence-electron chi connectivity index (χ2n) is 4.22. The van der Waals surface area contributed by atoms with Gasteiger partial charge < -0.3 is 14.3 Å². The van der Waals surface area contributed by atoms with Gasteiger partial charge in [-0.25, -0.2) is 0 Å². The molecular weight excluding hydrogens is 244 g/mol. The molecule has 2 aromatic rings. The standard InChI is InChI=1S/C14H18N2O3/c1-3-12(17)10-5-7-11(8-6-10)18-9-14-16-15-13(4-2)19-14/h5-8,12,17H,3-4,9H2,1-2H3. The van der Waals surface area contributed by atoms with Crippen LogP contribution in [0.25, 0.3) is 0 Å². The third-order valence-corrected chi connectivity index (χ3v) is 2.83. The van der Waals surface area contributed by atoms with Gasteiger partial charge in [0, 0.05) is 6.42 Å². The SMILES string of the molecule is CCc1nnc(COc2ccc(C(O)CC)cc2)o1. The maximum atomic E-state index is 9.68. The minimum absolute atomic E-state index is 0.253. The molecule has 0 radical (unpaired) electrons. The van der Waals surface area contributed by atoms with Crippen molar-refractivity contribution in [1.29, 1.82) is 0 Å². The summed E-state index contributed by atoms with van der Waals surface area (Å²) in [4.78, 5) is 0. The molecule has 0 fully saturated rings. The molecule has 0 aliphatic carbocycles. The highest BCUT2D eigenvalue weighted by Crippen LogP contribution is 2.20. The lowest BCUT2D eigenvalue weighted by atomic mass is 10.1. The van der Waals surface area contributed by atoms with Crippen molar-refractivity contribution in [3.63, 3.8) is 0 Å². The molecule has 0 spiro atoms. The summed E-state index contributed by atoms with van der Waals surface area (Å²) in [5.74, 6) is 1.79. The normalized spacial score (nSPS) is 12.4. The molecule has 5 heteroatoms. The van der Waals surface area contributed by atoms with Gasteiger partial charge in [-0.05, 0) is 24.1 Å². The first kappa shape index (κ1) is 13.5. The molecule has 0 bridgehead atoms. The van der Waals surface area contributed by atoms with Crippen LogP contribution in [-0.4, -0.2) is 15.3 Å². The predicted molar refractivity (Wildman–Crippen MR) is 69.7 cm³/mol. The second kappa shape index (κ2) is 6.33. The lowest BCUT2D eigenvalue weighted by molar-refractivity contribution is 0.173. The molecule has 1 aromatic carbocycles. The van der Waals surface area contributed by atoms with Crippen molar-refractivity contribution in [3.8, 4) is 5.75 Å². The first-order chi connectivity index (χ1) is 9.22. The van der Waals surface area contributed by atoms with E-state index in [0.717, 1.165) is 12.0 Å². The molecule has 5 nitrogen and oxygen atoms in total. The Balaban J connectivity index is 1.92. The minimum atomic E-state index is -0.419. The van der Waals surface area contributed by atoms with E-state index >= 15 is 0 Å². The van der Waals surface area contributed by atoms with Crippen LogP contribution in [0, 0.1) is 0 Å². The van der Waals surface area contributed by atoms with Crippen molar-refractivity contribution in [1.82, 2.24) is 10.2 Å². The molecule has 0 saturated heterocycles. The second-order valence-corrected chi connectivity index (χ2v) is 4.22. The maximum absolute atomic E-state index is 9.68. The van der Waals surface area contributed by atoms with Crippen LogP contribution in [0.5, 0.6) is 5.75 Å². The number of hydrogen-bond acceptors (Lipinski definition) is 5. The van der Waals surface area contributed by atoms with Crippen LogP contribution < -0.4 is 4.74 Å². The number of aliphatic hydroxyl groups excluding tert-OH is 1. The van der Waals surface area contributed by atoms with Crippen LogP contribution in [0.4, 0.5) is 0 Å². The van der Waals surface area contributed by atoms with Gasteiger partial charge in [-0.1, -0.05) is 26.0 Å². The van der Waals surface area contributed by atoms with Crippen molar-refractivity contribution in [2.75, 3.05) is 0 Å². The highest BCUT2D eigenvalue weighted by atomic mass is 16.5. The van der Waals surface area contributed by atoms with Crippen molar-refractivity contribution in [3.05, 3.63) is 41.6 Å². The number of aryl methyl sites for hydroxylation is 1. The highest BCUT2D eigenvalue weighted by molar-refractivity contribution is 5.28. The number of aromatic nitrogens is 2. The van der Waals surface area contributed by atoms with Crippen molar-refractivity contribution in [2.24, 2.45) is 0 Å². The van der Waals surface area contributed by atoms with Crippen LogP contribution in [-0.2, 0) is 13.0 Å². The predicted octanol–water partition coefficient (Wildman–Crippen LogP) is 2.65. The van der Waals surface area contributed by atoms with Gasteiger partial charge in [-0.15, -0.1) is 10.2 Å². The average molecular weight is 262 g/mol. The van der Waals surface area contributed by atoms with Gasteiger partial charge in [0.1, 0.15) is 5.75 Å². The van der Waals surface area contributed by atoms with E-state index in [1.807, 2.05) is 38.1 Å². The third-order valence-electron chi connectivity index (χ3n) is 2.83. The highest BCUT2D eigenvalue weighted by Gasteiger charge is 2.07. The van der Waals surface area contributed by atoms with Crippen LogP contribution in [0.2, 0.25) is 0 Å². The van der Waals surface area contributed by atoms with E-state index < -0.39 is 6.10 Å². The lowest BCUT2D eigenvalue weighted by Gasteiger charge is -2.09. The zero-order chi connectivity index (χ0) is 13.7. The molecule has 1 heterocycles. The molecular formula is C14H18N2O3. The summed E-state index contributed by atoms with van der Waals surface area (Å²) < 4.78 is 10.9. The molecule has 0 amide bonds. The van der Waals surface area contributed by atoms with E-state index in [0.29, 0.717) is 24.0 Å². The number of benzene rings is 1. The Labute approximate surface area is 112 Å². The quantitative estimate of drug-likeness (QED) is 0.866. The summed E-state index contributed by atoms with van der Waals surface area (Å²) in [6.45, 7) is 4.15. The number of nitrogens with zero attached hydrogens (tertiary/aromatic N) is 2. The smallest absolute Gasteiger partial charge is 0.253 e. The number of aliphatic hydroxyl groups is 1. The Morgan fingerprint density at radius 3 is 2.42 bits per heavy atom. The minimum Gasteiger partial charge on any atom is -0.484 e. The van der Waals surface area contributed by atoms with Gasteiger partial charge in [-0.3, -0.25) is 0 Å². The fourth-order valence-corrected chi connectivity index (χ4v) is 1.66. The summed E-state index contributed by atoms with van der Waals surface area (Å²) in [5.41, 5.74) is 0.890. The summed E-state index contributed by atoms with van der Waals surface area (Å²) in [5, 5.41) is 17.4. The van der Waals surface area contributed by atoms with Gasteiger partial charge in [0.25, 0.3) is 5.89 Å². The number of hydrogen-bond donors (Lipinski definition) is 1. The Kier molecular flexibility index (Phi) is 4.52. The number of ether oxygens (including phenoxy) is 1. The first-order valence-electron chi connectivity index (χ1n) is 6.45. The topological polar surface area (TPSA) is 68.4 Å². The molecule has 0 aliphatic heterocycles. The fourth-order valence-electron chi connectivity index (χ4n) is 1.66. The fraction of sp³-hybridized carbons (Fsp3) is 0.429. The van der Waals surface area contributed by atoms with E-state index in [4.69, 9.17) is 9.15 Å². The van der Waals surface area contributed by atoms with E-state index in [1.165, 1.54) is 0 Å². The van der Waals surface area contributed by atoms with E-state index in [1.54, 1.807) is 0 Å². The molecule has 0 aliphatic rings. The van der Waals surface area contributed by atoms with Gasteiger partial charge in [0.2, 0.25) is 5.89 Å². The third kappa shape index (κ3) is 3.54. The molecule has 2 rings (SSSR count). The van der Waals surface area contributed by atoms with Crippen molar-refractivity contribution >= 4 is 0 Å². The average Bonchev–Trinajstić information content (AvgIpc) is 2.93. The maximum Gasteiger partial charge on any atom is 0.253 e. The summed E-state index contributed by atoms with van der Waals surface area (Å²) in [6, 6.07) is 7.36. The molecule has 1 aromatic heterocycles. The Morgan fingerprint density at radius 2 is 1.84 bits per heavy atom. The Morgan fingerprint density at radius 1 is 1.16 bits per heavy atom. The Bertz CT molecular complexity index is 508. The van der Waals surface area contributed by atoms with Crippen molar-refractivity contribution in [2.45, 2.75) is 39.4 Å². The largest absolute Gasteiger partial charge is 0.484 e. The summed E-state index contributed by atoms with van der Waals surface area (Å²) >= 11 is 0. The van der Waals surface area contributed by atoms with Crippen LogP contribution in [0.15, 0.2) is 28.7 Å². The molecule has 102 valence electrons. The number of rotatable bonds is 6. The molecule has 0 saturated carbocycles. The Hall–Kier alpha value is -1.88. The molecule has 1 unspecified atom stereocenters. The van der Waals surface area contributed by atoms with E-state index in [-0.39, 0.29) is 6.61 Å². The zero-order valence-electron chi connectivity index (χ0n) is 11.2. The van der Waals surface area contributed by atoms with Crippen LogP contribution >= 0.6 is 0 Å². The monoisotopic (exact) mass is 262 g/mol. The summed E-state index contributed by atoms with van der Waals surface area (Å²) in [7, 11) is 0. The molecule has 19 heavy (non-hydrogen) atoms. The zero-order valence-corrected chi connectivity index (χ0v) is 11.2. The van der Waals surface area contributed by atoms with Gasteiger partial charge in [0.15, 0.2) is 6.61 Å². The molecule has 1 atom stereocenters.